The first-order valence-corrected chi connectivity index (χ1v) is 22.6. The minimum absolute atomic E-state index is 0.218. The van der Waals surface area contributed by atoms with Gasteiger partial charge in [-0.1, -0.05) is 138 Å². The van der Waals surface area contributed by atoms with E-state index in [0.717, 1.165) is 72.6 Å². The van der Waals surface area contributed by atoms with Gasteiger partial charge in [0, 0.05) is 11.8 Å². The van der Waals surface area contributed by atoms with Crippen LogP contribution in [0.4, 0.5) is 8.78 Å². The minimum Gasteiger partial charge on any atom is -0.494 e. The monoisotopic (exact) mass is 812 g/mol. The van der Waals surface area contributed by atoms with Crippen LogP contribution >= 0.6 is 0 Å². The highest BCUT2D eigenvalue weighted by molar-refractivity contribution is 5.64. The Morgan fingerprint density at radius 1 is 0.373 bits per heavy atom. The van der Waals surface area contributed by atoms with Crippen molar-refractivity contribution in [2.75, 3.05) is 39.6 Å². The van der Waals surface area contributed by atoms with Gasteiger partial charge in [0.05, 0.1) is 39.6 Å². The van der Waals surface area contributed by atoms with Crippen molar-refractivity contribution in [3.8, 4) is 33.8 Å². The molecule has 2 saturated heterocycles. The lowest BCUT2D eigenvalue weighted by atomic mass is 10.0. The van der Waals surface area contributed by atoms with E-state index < -0.39 is 6.16 Å². The molecular formula is C51H66F2O6. The maximum atomic E-state index is 13.2. The van der Waals surface area contributed by atoms with E-state index in [1.807, 2.05) is 48.5 Å². The van der Waals surface area contributed by atoms with E-state index in [9.17, 15) is 8.78 Å². The number of hydrogen-bond donors (Lipinski definition) is 0. The Labute approximate surface area is 351 Å². The van der Waals surface area contributed by atoms with Crippen molar-refractivity contribution >= 4 is 0 Å². The van der Waals surface area contributed by atoms with Crippen molar-refractivity contribution in [1.29, 1.82) is 0 Å². The molecule has 320 valence electrons. The van der Waals surface area contributed by atoms with Gasteiger partial charge in [0.15, 0.2) is 0 Å². The Kier molecular flexibility index (Phi) is 19.0. The zero-order chi connectivity index (χ0) is 40.8. The summed E-state index contributed by atoms with van der Waals surface area (Å²) in [6.45, 7) is 4.00. The van der Waals surface area contributed by atoms with Crippen LogP contribution in [-0.4, -0.2) is 45.8 Å². The van der Waals surface area contributed by atoms with Crippen LogP contribution in [0.2, 0.25) is 0 Å². The van der Waals surface area contributed by atoms with E-state index >= 15 is 0 Å². The van der Waals surface area contributed by atoms with Crippen LogP contribution in [-0.2, 0) is 18.9 Å². The second-order valence-corrected chi connectivity index (χ2v) is 16.5. The van der Waals surface area contributed by atoms with E-state index in [1.54, 1.807) is 24.3 Å². The number of rotatable bonds is 26. The zero-order valence-corrected chi connectivity index (χ0v) is 35.1. The molecule has 4 aromatic carbocycles. The van der Waals surface area contributed by atoms with Crippen LogP contribution in [0.5, 0.6) is 11.5 Å². The van der Waals surface area contributed by atoms with Gasteiger partial charge in [-0.2, -0.15) is 0 Å². The summed E-state index contributed by atoms with van der Waals surface area (Å²) < 4.78 is 62.2. The van der Waals surface area contributed by atoms with Gasteiger partial charge in [-0.25, -0.2) is 8.78 Å². The fraction of sp³-hybridized carbons (Fsp3) is 0.529. The Hall–Kier alpha value is -3.82. The molecule has 6 rings (SSSR count). The minimum atomic E-state index is -1.28. The average molecular weight is 813 g/mol. The van der Waals surface area contributed by atoms with Crippen LogP contribution in [0, 0.1) is 23.5 Å². The van der Waals surface area contributed by atoms with Gasteiger partial charge in [-0.05, 0) is 96.5 Å². The first-order valence-electron chi connectivity index (χ1n) is 22.6. The second-order valence-electron chi connectivity index (χ2n) is 16.5. The summed E-state index contributed by atoms with van der Waals surface area (Å²) in [7, 11) is 0. The Balaban J connectivity index is 0.676. The molecule has 0 aliphatic carbocycles. The highest BCUT2D eigenvalue weighted by Gasteiger charge is 2.44. The number of hydrogen-bond acceptors (Lipinski definition) is 6. The van der Waals surface area contributed by atoms with E-state index in [4.69, 9.17) is 28.4 Å². The summed E-state index contributed by atoms with van der Waals surface area (Å²) >= 11 is 0. The van der Waals surface area contributed by atoms with Crippen molar-refractivity contribution in [2.24, 2.45) is 11.8 Å². The van der Waals surface area contributed by atoms with E-state index in [2.05, 4.69) is 0 Å². The van der Waals surface area contributed by atoms with E-state index in [-0.39, 0.29) is 11.6 Å². The molecule has 0 saturated carbocycles. The summed E-state index contributed by atoms with van der Waals surface area (Å²) in [6.07, 6.45) is 20.6. The largest absolute Gasteiger partial charge is 0.494 e. The van der Waals surface area contributed by atoms with Gasteiger partial charge < -0.3 is 28.4 Å². The lowest BCUT2D eigenvalue weighted by molar-refractivity contribution is -0.535. The van der Waals surface area contributed by atoms with E-state index in [0.29, 0.717) is 38.3 Å². The molecule has 0 bridgehead atoms. The van der Waals surface area contributed by atoms with Crippen molar-refractivity contribution in [3.05, 3.63) is 109 Å². The quantitative estimate of drug-likeness (QED) is 0.0589. The third kappa shape index (κ3) is 15.9. The first kappa shape index (κ1) is 44.7. The van der Waals surface area contributed by atoms with Crippen molar-refractivity contribution < 1.29 is 37.2 Å². The molecule has 0 unspecified atom stereocenters. The third-order valence-corrected chi connectivity index (χ3v) is 11.6. The third-order valence-electron chi connectivity index (χ3n) is 11.6. The Bertz CT molecular complexity index is 1570. The molecule has 0 radical (unpaired) electrons. The SMILES string of the molecule is Fc1ccc(-c2ccc(OCCCCCCCCCCC3COC4(OC3)OCC(CCCCCCCCCCOc3ccc(-c5ccc(F)cc5)cc3)CO4)cc2)cc1. The molecule has 0 aromatic heterocycles. The number of ether oxygens (including phenoxy) is 6. The van der Waals surface area contributed by atoms with Crippen molar-refractivity contribution in [1.82, 2.24) is 0 Å². The molecule has 2 fully saturated rings. The van der Waals surface area contributed by atoms with Crippen LogP contribution in [0.1, 0.15) is 116 Å². The molecule has 0 N–H and O–H groups in total. The molecule has 6 nitrogen and oxygen atoms in total. The van der Waals surface area contributed by atoms with Crippen LogP contribution in [0.25, 0.3) is 22.3 Å². The average Bonchev–Trinajstić information content (AvgIpc) is 3.27. The molecule has 2 aliphatic rings. The summed E-state index contributed by atoms with van der Waals surface area (Å²) in [6, 6.07) is 29.2. The predicted molar refractivity (Wildman–Crippen MR) is 231 cm³/mol. The van der Waals surface area contributed by atoms with Crippen LogP contribution < -0.4 is 9.47 Å². The lowest BCUT2D eigenvalue weighted by Gasteiger charge is -2.42. The fourth-order valence-electron chi connectivity index (χ4n) is 7.90. The van der Waals surface area contributed by atoms with Gasteiger partial charge in [-0.3, -0.25) is 0 Å². The molecular weight excluding hydrogens is 747 g/mol. The van der Waals surface area contributed by atoms with Crippen molar-refractivity contribution in [3.63, 3.8) is 0 Å². The number of unbranched alkanes of at least 4 members (excludes halogenated alkanes) is 14. The lowest BCUT2D eigenvalue weighted by Crippen LogP contribution is -2.53. The molecule has 8 heteroatoms. The number of benzene rings is 4. The normalized spacial score (nSPS) is 19.2. The predicted octanol–water partition coefficient (Wildman–Crippen LogP) is 13.7. The number of halogens is 2. The molecule has 59 heavy (non-hydrogen) atoms. The Morgan fingerprint density at radius 3 is 0.966 bits per heavy atom. The topological polar surface area (TPSA) is 55.4 Å². The smallest absolute Gasteiger partial charge is 0.412 e. The molecule has 4 aromatic rings. The van der Waals surface area contributed by atoms with Crippen LogP contribution in [0.15, 0.2) is 97.1 Å². The van der Waals surface area contributed by atoms with Gasteiger partial charge >= 0.3 is 6.16 Å². The molecule has 1 spiro atoms. The molecule has 2 aliphatic heterocycles. The molecule has 2 heterocycles. The van der Waals surface area contributed by atoms with Gasteiger partial charge in [0.2, 0.25) is 0 Å². The maximum Gasteiger partial charge on any atom is 0.412 e. The Morgan fingerprint density at radius 2 is 0.644 bits per heavy atom. The maximum absolute atomic E-state index is 13.2. The zero-order valence-electron chi connectivity index (χ0n) is 35.1. The summed E-state index contributed by atoms with van der Waals surface area (Å²) in [5.41, 5.74) is 4.13. The summed E-state index contributed by atoms with van der Waals surface area (Å²) in [5, 5.41) is 0. The van der Waals surface area contributed by atoms with Gasteiger partial charge in [0.1, 0.15) is 23.1 Å². The van der Waals surface area contributed by atoms with Gasteiger partial charge in [-0.15, -0.1) is 0 Å². The fourth-order valence-corrected chi connectivity index (χ4v) is 7.90. The molecule has 0 amide bonds. The van der Waals surface area contributed by atoms with Gasteiger partial charge in [0.25, 0.3) is 0 Å². The summed E-state index contributed by atoms with van der Waals surface area (Å²) in [5.74, 6) is 2.13. The molecule has 0 atom stereocenters. The highest BCUT2D eigenvalue weighted by atomic mass is 19.1. The first-order chi connectivity index (χ1) is 29.0. The van der Waals surface area contributed by atoms with Crippen LogP contribution in [0.3, 0.4) is 0 Å². The standard InChI is InChI=1S/C51H66F2O6/c52-47-27-19-43(20-28-47)45-23-31-49(32-24-45)54-35-15-11-7-3-1-5-9-13-17-41-37-56-51(57-38-41)58-39-42(40-59-51)18-14-10-6-2-4-8-12-16-36-55-50-33-25-46(26-34-50)44-21-29-48(53)30-22-44/h19-34,41-42H,1-18,35-40H2. The van der Waals surface area contributed by atoms with E-state index in [1.165, 1.54) is 114 Å². The second kappa shape index (κ2) is 25.1. The van der Waals surface area contributed by atoms with Crippen molar-refractivity contribution in [2.45, 2.75) is 122 Å². The summed E-state index contributed by atoms with van der Waals surface area (Å²) in [4.78, 5) is 0. The highest BCUT2D eigenvalue weighted by Crippen LogP contribution is 2.33.